The second kappa shape index (κ2) is 8.91. The standard InChI is InChI=1S/C21H51Si4/c1-16(2)24(17(3)4,18(5)6)22(23(13,14)15)25(19(7)8,20(9)10)21(11)12/h16-21H,1-15H3/q-1. The maximum Gasteiger partial charge on any atom is -0.0678 e. The van der Waals surface area contributed by atoms with Gasteiger partial charge >= 0.3 is 0 Å². The van der Waals surface area contributed by atoms with Gasteiger partial charge in [-0.3, -0.25) is 0 Å². The predicted molar refractivity (Wildman–Crippen MR) is 131 cm³/mol. The zero-order chi connectivity index (χ0) is 20.5. The average Bonchev–Trinajstić information content (AvgIpc) is 2.34. The fraction of sp³-hybridized carbons (Fsp3) is 1.00. The Hall–Kier alpha value is 0.868. The van der Waals surface area contributed by atoms with E-state index in [9.17, 15) is 0 Å². The lowest BCUT2D eigenvalue weighted by molar-refractivity contribution is 0.831. The summed E-state index contributed by atoms with van der Waals surface area (Å²) in [5, 5.41) is 0. The Morgan fingerprint density at radius 2 is 0.560 bits per heavy atom. The molecule has 0 aromatic rings. The Bertz CT molecular complexity index is 327. The van der Waals surface area contributed by atoms with Gasteiger partial charge in [-0.2, -0.15) is 0 Å². The summed E-state index contributed by atoms with van der Waals surface area (Å²) in [6, 6.07) is 0. The quantitative estimate of drug-likeness (QED) is 0.331. The molecule has 0 heterocycles. The first-order valence-corrected chi connectivity index (χ1v) is 23.4. The Labute approximate surface area is 166 Å². The summed E-state index contributed by atoms with van der Waals surface area (Å²) < 4.78 is 0. The summed E-state index contributed by atoms with van der Waals surface area (Å²) >= 11 is 0. The molecular formula is C21H51Si4-. The van der Waals surface area contributed by atoms with Gasteiger partial charge in [0.2, 0.25) is 0 Å². The summed E-state index contributed by atoms with van der Waals surface area (Å²) in [5.41, 5.74) is 5.56. The predicted octanol–water partition coefficient (Wildman–Crippen LogP) is 8.41. The Balaban J connectivity index is 7.20. The molecule has 25 heavy (non-hydrogen) atoms. The van der Waals surface area contributed by atoms with E-state index < -0.39 is 22.8 Å². The number of rotatable bonds is 9. The molecule has 0 fully saturated rings. The van der Waals surface area contributed by atoms with E-state index in [1.165, 1.54) is 0 Å². The van der Waals surface area contributed by atoms with Crippen molar-refractivity contribution in [1.29, 1.82) is 0 Å². The number of hydrogen-bond donors (Lipinski definition) is 0. The van der Waals surface area contributed by atoms with Crippen LogP contribution in [0.5, 0.6) is 0 Å². The summed E-state index contributed by atoms with van der Waals surface area (Å²) in [6.07, 6.45) is 0. The molecule has 0 amide bonds. The molecule has 0 N–H and O–H groups in total. The Morgan fingerprint density at radius 3 is 0.640 bits per heavy atom. The van der Waals surface area contributed by atoms with Crippen molar-refractivity contribution < 1.29 is 0 Å². The van der Waals surface area contributed by atoms with Crippen molar-refractivity contribution in [3.8, 4) is 0 Å². The Morgan fingerprint density at radius 1 is 0.400 bits per heavy atom. The van der Waals surface area contributed by atoms with Crippen molar-refractivity contribution in [1.82, 2.24) is 0 Å². The molecule has 4 heteroatoms. The Kier molecular flexibility index (Phi) is 9.22. The molecule has 0 radical (unpaired) electrons. The van der Waals surface area contributed by atoms with Crippen LogP contribution in [-0.4, -0.2) is 30.1 Å². The second-order valence-corrected chi connectivity index (χ2v) is 46.0. The summed E-state index contributed by atoms with van der Waals surface area (Å²) in [4.78, 5) is 0. The molecule has 152 valence electrons. The molecule has 0 bridgehead atoms. The van der Waals surface area contributed by atoms with Gasteiger partial charge in [0.1, 0.15) is 0 Å². The zero-order valence-corrected chi connectivity index (χ0v) is 24.5. The van der Waals surface area contributed by atoms with E-state index in [-0.39, 0.29) is 7.35 Å². The highest BCUT2D eigenvalue weighted by molar-refractivity contribution is 7.83. The maximum atomic E-state index is 2.77. The summed E-state index contributed by atoms with van der Waals surface area (Å²) in [7, 11) is -4.33. The molecule has 0 saturated carbocycles. The molecule has 0 nitrogen and oxygen atoms in total. The van der Waals surface area contributed by atoms with Gasteiger partial charge in [0, 0.05) is 0 Å². The lowest BCUT2D eigenvalue weighted by Crippen LogP contribution is -2.81. The van der Waals surface area contributed by atoms with E-state index in [1.807, 2.05) is 0 Å². The molecule has 0 aromatic carbocycles. The summed E-state index contributed by atoms with van der Waals surface area (Å²) in [5.74, 6) is 0. The molecule has 0 saturated heterocycles. The molecule has 0 aliphatic rings. The molecule has 0 aromatic heterocycles. The highest BCUT2D eigenvalue weighted by Crippen LogP contribution is 2.54. The van der Waals surface area contributed by atoms with E-state index >= 15 is 0 Å². The molecule has 0 unspecified atom stereocenters. The molecular weight excluding hydrogens is 365 g/mol. The SMILES string of the molecule is CC(C)[Si](C(C)C)(C(C)C)[Si-]([Si](C)(C)C)[Si](C(C)C)(C(C)C)C(C)C. The van der Waals surface area contributed by atoms with E-state index in [0.717, 1.165) is 33.2 Å². The summed E-state index contributed by atoms with van der Waals surface area (Å²) in [6.45, 7) is 39.8. The lowest BCUT2D eigenvalue weighted by atomic mass is 10.5. The molecule has 0 aliphatic carbocycles. The van der Waals surface area contributed by atoms with Crippen molar-refractivity contribution in [2.45, 2.75) is 136 Å². The molecule has 0 spiro atoms. The first kappa shape index (κ1) is 25.9. The van der Waals surface area contributed by atoms with Crippen molar-refractivity contribution in [3.05, 3.63) is 0 Å². The highest BCUT2D eigenvalue weighted by atomic mass is 29.9. The van der Waals surface area contributed by atoms with Crippen molar-refractivity contribution in [2.75, 3.05) is 0 Å². The van der Waals surface area contributed by atoms with Crippen molar-refractivity contribution in [2.24, 2.45) is 0 Å². The minimum atomic E-state index is -1.39. The lowest BCUT2D eigenvalue weighted by Gasteiger charge is -2.74. The van der Waals surface area contributed by atoms with Crippen LogP contribution in [-0.2, 0) is 0 Å². The highest BCUT2D eigenvalue weighted by Gasteiger charge is 2.53. The van der Waals surface area contributed by atoms with E-state index in [2.05, 4.69) is 103 Å². The van der Waals surface area contributed by atoms with Crippen molar-refractivity contribution in [3.63, 3.8) is 0 Å². The van der Waals surface area contributed by atoms with Crippen molar-refractivity contribution >= 4 is 30.1 Å². The minimum Gasteiger partial charge on any atom is -0.248 e. The van der Waals surface area contributed by atoms with Crippen LogP contribution in [0.2, 0.25) is 52.9 Å². The largest absolute Gasteiger partial charge is 0.248 e. The first-order valence-electron chi connectivity index (χ1n) is 10.9. The maximum absolute atomic E-state index is 2.77. The van der Waals surface area contributed by atoms with Crippen LogP contribution in [0.15, 0.2) is 0 Å². The normalized spacial score (nSPS) is 15.1. The van der Waals surface area contributed by atoms with Gasteiger partial charge in [0.25, 0.3) is 0 Å². The average molecular weight is 416 g/mol. The monoisotopic (exact) mass is 415 g/mol. The van der Waals surface area contributed by atoms with Crippen LogP contribution in [0.4, 0.5) is 0 Å². The topological polar surface area (TPSA) is 0 Å². The molecule has 0 atom stereocenters. The third-order valence-electron chi connectivity index (χ3n) is 7.35. The van der Waals surface area contributed by atoms with E-state index in [1.54, 1.807) is 0 Å². The van der Waals surface area contributed by atoms with Gasteiger partial charge in [-0.1, -0.05) is 151 Å². The third-order valence-corrected chi connectivity index (χ3v) is 71.2. The van der Waals surface area contributed by atoms with Gasteiger partial charge in [-0.15, -0.1) is 7.59 Å². The van der Waals surface area contributed by atoms with Crippen LogP contribution in [0.25, 0.3) is 0 Å². The van der Waals surface area contributed by atoms with Gasteiger partial charge in [0.05, 0.1) is 0 Å². The van der Waals surface area contributed by atoms with Crippen LogP contribution in [0.3, 0.4) is 0 Å². The second-order valence-electron chi connectivity index (χ2n) is 11.4. The van der Waals surface area contributed by atoms with Crippen LogP contribution in [0.1, 0.15) is 83.1 Å². The first-order chi connectivity index (χ1) is 11.0. The van der Waals surface area contributed by atoms with Crippen LogP contribution in [0, 0.1) is 0 Å². The zero-order valence-electron chi connectivity index (χ0n) is 20.5. The van der Waals surface area contributed by atoms with Crippen LogP contribution < -0.4 is 0 Å². The van der Waals surface area contributed by atoms with Gasteiger partial charge in [0.15, 0.2) is 0 Å². The van der Waals surface area contributed by atoms with Gasteiger partial charge in [-0.25, -0.2) is 7.35 Å². The molecule has 0 rings (SSSR count). The van der Waals surface area contributed by atoms with E-state index in [4.69, 9.17) is 0 Å². The fourth-order valence-electron chi connectivity index (χ4n) is 7.41. The smallest absolute Gasteiger partial charge is 0.0678 e. The minimum absolute atomic E-state index is 0.336. The van der Waals surface area contributed by atoms with Crippen LogP contribution >= 0.6 is 0 Å². The van der Waals surface area contributed by atoms with E-state index in [0.29, 0.717) is 0 Å². The molecule has 0 aliphatic heterocycles. The van der Waals surface area contributed by atoms with Gasteiger partial charge < -0.3 is 0 Å². The van der Waals surface area contributed by atoms with Gasteiger partial charge in [-0.05, 0) is 0 Å². The fourth-order valence-corrected chi connectivity index (χ4v) is 104. The number of hydrogen-bond acceptors (Lipinski definition) is 0. The third kappa shape index (κ3) is 4.32.